The minimum Gasteiger partial charge on any atom is -0.455 e. The highest BCUT2D eigenvalue weighted by Gasteiger charge is 2.40. The van der Waals surface area contributed by atoms with E-state index in [4.69, 9.17) is 4.74 Å². The first-order valence-electron chi connectivity index (χ1n) is 7.03. The normalized spacial score (nSPS) is 25.9. The fourth-order valence-electron chi connectivity index (χ4n) is 3.04. The van der Waals surface area contributed by atoms with Gasteiger partial charge in [-0.15, -0.1) is 0 Å². The molecule has 110 valence electrons. The average Bonchev–Trinajstić information content (AvgIpc) is 3.10. The lowest BCUT2D eigenvalue weighted by Crippen LogP contribution is -2.26. The van der Waals surface area contributed by atoms with Gasteiger partial charge >= 0.3 is 5.97 Å². The Morgan fingerprint density at radius 2 is 2.05 bits per heavy atom. The number of ether oxygens (including phenoxy) is 1. The van der Waals surface area contributed by atoms with E-state index in [9.17, 15) is 14.0 Å². The number of nitrogens with one attached hydrogen (secondary N) is 1. The van der Waals surface area contributed by atoms with Gasteiger partial charge in [-0.3, -0.25) is 9.59 Å². The molecular formula is C16H16FNO3. The highest BCUT2D eigenvalue weighted by atomic mass is 19.1. The number of para-hydroxylation sites is 1. The van der Waals surface area contributed by atoms with Crippen molar-refractivity contribution in [3.8, 4) is 0 Å². The zero-order valence-electron chi connectivity index (χ0n) is 11.4. The lowest BCUT2D eigenvalue weighted by Gasteiger charge is -2.16. The van der Waals surface area contributed by atoms with Crippen molar-refractivity contribution in [3.05, 3.63) is 42.2 Å². The van der Waals surface area contributed by atoms with Gasteiger partial charge in [0.1, 0.15) is 5.82 Å². The van der Waals surface area contributed by atoms with E-state index in [2.05, 4.69) is 17.5 Å². The summed E-state index contributed by atoms with van der Waals surface area (Å²) in [6.45, 7) is -0.384. The molecule has 5 heteroatoms. The smallest absolute Gasteiger partial charge is 0.310 e. The van der Waals surface area contributed by atoms with Gasteiger partial charge in [0.15, 0.2) is 6.61 Å². The van der Waals surface area contributed by atoms with Crippen LogP contribution >= 0.6 is 0 Å². The molecule has 1 amide bonds. The average molecular weight is 289 g/mol. The summed E-state index contributed by atoms with van der Waals surface area (Å²) < 4.78 is 18.4. The zero-order chi connectivity index (χ0) is 14.8. The lowest BCUT2D eigenvalue weighted by molar-refractivity contribution is -0.152. The second-order valence-electron chi connectivity index (χ2n) is 5.52. The molecule has 1 saturated carbocycles. The van der Waals surface area contributed by atoms with Crippen LogP contribution in [0.2, 0.25) is 0 Å². The van der Waals surface area contributed by atoms with Gasteiger partial charge in [-0.1, -0.05) is 24.3 Å². The SMILES string of the molecule is O=C(COC(=O)[C@@H]1C[C@@H]2C=C[C@H]1C2)Nc1ccccc1F. The van der Waals surface area contributed by atoms with Gasteiger partial charge in [-0.05, 0) is 36.8 Å². The number of amides is 1. The summed E-state index contributed by atoms with van der Waals surface area (Å²) >= 11 is 0. The van der Waals surface area contributed by atoms with E-state index in [1.54, 1.807) is 6.07 Å². The van der Waals surface area contributed by atoms with Crippen LogP contribution in [0.1, 0.15) is 12.8 Å². The molecule has 4 nitrogen and oxygen atoms in total. The molecule has 0 unspecified atom stereocenters. The number of allylic oxidation sites excluding steroid dienone is 2. The predicted molar refractivity (Wildman–Crippen MR) is 74.8 cm³/mol. The maximum Gasteiger partial charge on any atom is 0.310 e. The quantitative estimate of drug-likeness (QED) is 0.684. The van der Waals surface area contributed by atoms with Crippen molar-refractivity contribution in [2.45, 2.75) is 12.8 Å². The summed E-state index contributed by atoms with van der Waals surface area (Å²) in [6.07, 6.45) is 6.00. The number of anilines is 1. The van der Waals surface area contributed by atoms with Crippen molar-refractivity contribution < 1.29 is 18.7 Å². The third-order valence-corrected chi connectivity index (χ3v) is 4.08. The second kappa shape index (κ2) is 5.68. The molecule has 0 saturated heterocycles. The second-order valence-corrected chi connectivity index (χ2v) is 5.52. The minimum atomic E-state index is -0.535. The first kappa shape index (κ1) is 13.8. The Morgan fingerprint density at radius 1 is 1.24 bits per heavy atom. The Hall–Kier alpha value is -2.17. The van der Waals surface area contributed by atoms with Crippen LogP contribution in [-0.2, 0) is 14.3 Å². The predicted octanol–water partition coefficient (Wildman–Crippen LogP) is 2.52. The van der Waals surface area contributed by atoms with E-state index in [0.29, 0.717) is 5.92 Å². The summed E-state index contributed by atoms with van der Waals surface area (Å²) in [5.74, 6) is -0.809. The number of esters is 1. The number of benzene rings is 1. The van der Waals surface area contributed by atoms with E-state index >= 15 is 0 Å². The van der Waals surface area contributed by atoms with Gasteiger partial charge in [-0.2, -0.15) is 0 Å². The number of fused-ring (bicyclic) bond motifs is 2. The van der Waals surface area contributed by atoms with Crippen LogP contribution in [0.5, 0.6) is 0 Å². The molecule has 0 heterocycles. The molecule has 0 aromatic heterocycles. The fraction of sp³-hybridized carbons (Fsp3) is 0.375. The number of carbonyl (C=O) groups excluding carboxylic acids is 2. The summed E-state index contributed by atoms with van der Waals surface area (Å²) in [7, 11) is 0. The van der Waals surface area contributed by atoms with Crippen molar-refractivity contribution in [2.75, 3.05) is 11.9 Å². The van der Waals surface area contributed by atoms with Crippen molar-refractivity contribution in [3.63, 3.8) is 0 Å². The van der Waals surface area contributed by atoms with Crippen molar-refractivity contribution in [2.24, 2.45) is 17.8 Å². The first-order valence-corrected chi connectivity index (χ1v) is 7.03. The summed E-state index contributed by atoms with van der Waals surface area (Å²) in [6, 6.07) is 5.86. The maximum atomic E-state index is 13.4. The molecule has 0 spiro atoms. The molecule has 1 fully saturated rings. The van der Waals surface area contributed by atoms with Crippen LogP contribution in [0, 0.1) is 23.6 Å². The van der Waals surface area contributed by atoms with Crippen LogP contribution in [0.15, 0.2) is 36.4 Å². The van der Waals surface area contributed by atoms with Crippen LogP contribution in [0.25, 0.3) is 0 Å². The van der Waals surface area contributed by atoms with Gasteiger partial charge in [-0.25, -0.2) is 4.39 Å². The standard InChI is InChI=1S/C16H16FNO3/c17-13-3-1-2-4-14(13)18-15(19)9-21-16(20)12-8-10-5-6-11(12)7-10/h1-6,10-12H,7-9H2,(H,18,19)/t10-,11+,12-/m1/s1. The number of hydrogen-bond donors (Lipinski definition) is 1. The maximum absolute atomic E-state index is 13.4. The monoisotopic (exact) mass is 289 g/mol. The van der Waals surface area contributed by atoms with E-state index in [1.807, 2.05) is 0 Å². The summed E-state index contributed by atoms with van der Waals surface area (Å²) in [4.78, 5) is 23.6. The van der Waals surface area contributed by atoms with E-state index in [1.165, 1.54) is 18.2 Å². The molecule has 2 aliphatic carbocycles. The topological polar surface area (TPSA) is 55.4 Å². The number of rotatable bonds is 4. The van der Waals surface area contributed by atoms with Crippen molar-refractivity contribution in [1.82, 2.24) is 0 Å². The van der Waals surface area contributed by atoms with Gasteiger partial charge in [0.25, 0.3) is 5.91 Å². The lowest BCUT2D eigenvalue weighted by atomic mass is 9.94. The molecule has 3 atom stereocenters. The number of halogens is 1. The fourth-order valence-corrected chi connectivity index (χ4v) is 3.04. The molecule has 1 aromatic carbocycles. The third-order valence-electron chi connectivity index (χ3n) is 4.08. The molecule has 2 aliphatic rings. The molecule has 1 N–H and O–H groups in total. The molecule has 0 radical (unpaired) electrons. The van der Waals surface area contributed by atoms with Crippen molar-refractivity contribution >= 4 is 17.6 Å². The van der Waals surface area contributed by atoms with E-state index in [0.717, 1.165) is 12.8 Å². The van der Waals surface area contributed by atoms with Crippen LogP contribution < -0.4 is 5.32 Å². The highest BCUT2D eigenvalue weighted by Crippen LogP contribution is 2.43. The van der Waals surface area contributed by atoms with E-state index in [-0.39, 0.29) is 30.1 Å². The molecule has 3 rings (SSSR count). The zero-order valence-corrected chi connectivity index (χ0v) is 11.4. The third kappa shape index (κ3) is 2.96. The Bertz CT molecular complexity index is 599. The summed E-state index contributed by atoms with van der Waals surface area (Å²) in [5.41, 5.74) is 0.0846. The van der Waals surface area contributed by atoms with Crippen LogP contribution in [0.3, 0.4) is 0 Å². The number of carbonyl (C=O) groups is 2. The highest BCUT2D eigenvalue weighted by molar-refractivity contribution is 5.93. The van der Waals surface area contributed by atoms with Crippen LogP contribution in [-0.4, -0.2) is 18.5 Å². The van der Waals surface area contributed by atoms with E-state index < -0.39 is 11.7 Å². The molecule has 2 bridgehead atoms. The summed E-state index contributed by atoms with van der Waals surface area (Å²) in [5, 5.41) is 2.38. The largest absolute Gasteiger partial charge is 0.455 e. The van der Waals surface area contributed by atoms with Crippen molar-refractivity contribution in [1.29, 1.82) is 0 Å². The Labute approximate surface area is 122 Å². The van der Waals surface area contributed by atoms with Gasteiger partial charge in [0, 0.05) is 0 Å². The molecule has 1 aromatic rings. The Morgan fingerprint density at radius 3 is 2.71 bits per heavy atom. The van der Waals surface area contributed by atoms with Gasteiger partial charge in [0.2, 0.25) is 0 Å². The Kier molecular flexibility index (Phi) is 3.73. The minimum absolute atomic E-state index is 0.0846. The molecule has 0 aliphatic heterocycles. The molecule has 21 heavy (non-hydrogen) atoms. The van der Waals surface area contributed by atoms with Crippen LogP contribution in [0.4, 0.5) is 10.1 Å². The number of hydrogen-bond acceptors (Lipinski definition) is 3. The molecular weight excluding hydrogens is 273 g/mol. The van der Waals surface area contributed by atoms with Gasteiger partial charge in [0.05, 0.1) is 11.6 Å². The first-order chi connectivity index (χ1) is 10.1. The van der Waals surface area contributed by atoms with Gasteiger partial charge < -0.3 is 10.1 Å². The Balaban J connectivity index is 1.49.